The van der Waals surface area contributed by atoms with E-state index in [0.29, 0.717) is 19.5 Å². The molecule has 0 spiro atoms. The lowest BCUT2D eigenvalue weighted by atomic mass is 10.0. The summed E-state index contributed by atoms with van der Waals surface area (Å²) in [6.07, 6.45) is 4.96. The van der Waals surface area contributed by atoms with Crippen molar-refractivity contribution < 1.29 is 18.7 Å². The van der Waals surface area contributed by atoms with Gasteiger partial charge in [-0.3, -0.25) is 4.79 Å². The van der Waals surface area contributed by atoms with Crippen LogP contribution in [-0.2, 0) is 0 Å². The van der Waals surface area contributed by atoms with Crippen molar-refractivity contribution >= 4 is 22.6 Å². The van der Waals surface area contributed by atoms with Crippen molar-refractivity contribution in [2.45, 2.75) is 38.1 Å². The quantitative estimate of drug-likeness (QED) is 0.679. The topological polar surface area (TPSA) is 104 Å². The van der Waals surface area contributed by atoms with Crippen LogP contribution in [0, 0.1) is 18.6 Å². The molecule has 0 bridgehead atoms. The van der Waals surface area contributed by atoms with Gasteiger partial charge in [0.25, 0.3) is 0 Å². The predicted molar refractivity (Wildman–Crippen MR) is 104 cm³/mol. The molecule has 10 heteroatoms. The standard InChI is InChI=1S/C20H19F2N5O3/c1-9-14-17(27(11-2-3-11)8-12(19(14)28)20(29)30)16(22)18(15(9)21)26-5-4-10(7-26)13-6-23-25-24-13/h6,8,10-11H,2-5,7H2,1H3,(H,29,30)(H,23,24,25). The molecule has 2 aliphatic rings. The van der Waals surface area contributed by atoms with Gasteiger partial charge in [-0.25, -0.2) is 13.6 Å². The zero-order valence-corrected chi connectivity index (χ0v) is 16.2. The molecule has 0 radical (unpaired) electrons. The summed E-state index contributed by atoms with van der Waals surface area (Å²) in [6, 6.07) is -0.0973. The molecule has 1 atom stereocenters. The monoisotopic (exact) mass is 415 g/mol. The van der Waals surface area contributed by atoms with E-state index in [1.54, 1.807) is 11.1 Å². The molecule has 1 unspecified atom stereocenters. The Bertz CT molecular complexity index is 1230. The molecule has 1 aliphatic heterocycles. The molecule has 5 rings (SSSR count). The van der Waals surface area contributed by atoms with Gasteiger partial charge >= 0.3 is 5.97 Å². The van der Waals surface area contributed by atoms with E-state index in [-0.39, 0.29) is 34.1 Å². The number of benzene rings is 1. The van der Waals surface area contributed by atoms with Gasteiger partial charge in [0.2, 0.25) is 5.43 Å². The SMILES string of the molecule is Cc1c(F)c(N2CCC(c3cn[nH]n3)C2)c(F)c2c1c(=O)c(C(=O)O)cn2C1CC1. The summed E-state index contributed by atoms with van der Waals surface area (Å²) in [7, 11) is 0. The summed E-state index contributed by atoms with van der Waals surface area (Å²) in [5.41, 5.74) is -0.839. The fourth-order valence-electron chi connectivity index (χ4n) is 4.38. The van der Waals surface area contributed by atoms with Crippen molar-refractivity contribution in [1.29, 1.82) is 0 Å². The minimum atomic E-state index is -1.41. The van der Waals surface area contributed by atoms with Crippen LogP contribution < -0.4 is 10.3 Å². The number of carbonyl (C=O) groups is 1. The van der Waals surface area contributed by atoms with Gasteiger partial charge in [-0.2, -0.15) is 15.4 Å². The van der Waals surface area contributed by atoms with E-state index >= 15 is 8.78 Å². The van der Waals surface area contributed by atoms with Crippen LogP contribution in [0.25, 0.3) is 10.9 Å². The number of hydrogen-bond donors (Lipinski definition) is 2. The normalized spacial score (nSPS) is 19.0. The summed E-state index contributed by atoms with van der Waals surface area (Å²) in [5.74, 6) is -3.08. The summed E-state index contributed by atoms with van der Waals surface area (Å²) >= 11 is 0. The summed E-state index contributed by atoms with van der Waals surface area (Å²) < 4.78 is 32.6. The molecule has 1 aliphatic carbocycles. The predicted octanol–water partition coefficient (Wildman–Crippen LogP) is 2.73. The molecule has 156 valence electrons. The van der Waals surface area contributed by atoms with Crippen molar-refractivity contribution in [3.63, 3.8) is 0 Å². The van der Waals surface area contributed by atoms with Gasteiger partial charge in [-0.15, -0.1) is 0 Å². The Morgan fingerprint density at radius 1 is 1.27 bits per heavy atom. The van der Waals surface area contributed by atoms with Crippen LogP contribution in [0.2, 0.25) is 0 Å². The number of aromatic amines is 1. The number of H-pyrrole nitrogens is 1. The highest BCUT2D eigenvalue weighted by Gasteiger charge is 2.35. The van der Waals surface area contributed by atoms with Crippen LogP contribution >= 0.6 is 0 Å². The molecule has 2 aromatic heterocycles. The highest BCUT2D eigenvalue weighted by Crippen LogP contribution is 2.42. The average molecular weight is 415 g/mol. The molecule has 1 aromatic carbocycles. The Hall–Kier alpha value is -3.30. The second kappa shape index (κ2) is 6.61. The van der Waals surface area contributed by atoms with Crippen LogP contribution in [0.15, 0.2) is 17.2 Å². The number of aromatic nitrogens is 4. The molecule has 1 saturated heterocycles. The third-order valence-electron chi connectivity index (χ3n) is 6.09. The summed E-state index contributed by atoms with van der Waals surface area (Å²) in [5, 5.41) is 19.6. The molecule has 1 saturated carbocycles. The number of anilines is 1. The van der Waals surface area contributed by atoms with E-state index in [0.717, 1.165) is 18.5 Å². The van der Waals surface area contributed by atoms with E-state index in [9.17, 15) is 14.7 Å². The molecular formula is C20H19F2N5O3. The molecule has 2 N–H and O–H groups in total. The fraction of sp³-hybridized carbons (Fsp3) is 0.400. The van der Waals surface area contributed by atoms with Crippen LogP contribution in [-0.4, -0.2) is 44.1 Å². The van der Waals surface area contributed by atoms with Gasteiger partial charge in [0.1, 0.15) is 11.3 Å². The zero-order chi connectivity index (χ0) is 21.2. The number of aryl methyl sites for hydroxylation is 1. The average Bonchev–Trinajstić information content (AvgIpc) is 3.20. The van der Waals surface area contributed by atoms with Gasteiger partial charge in [0.05, 0.1) is 22.8 Å². The minimum Gasteiger partial charge on any atom is -0.477 e. The lowest BCUT2D eigenvalue weighted by Gasteiger charge is -2.24. The lowest BCUT2D eigenvalue weighted by Crippen LogP contribution is -2.25. The molecule has 0 amide bonds. The maximum absolute atomic E-state index is 15.8. The van der Waals surface area contributed by atoms with Crippen molar-refractivity contribution in [2.75, 3.05) is 18.0 Å². The first-order chi connectivity index (χ1) is 14.4. The molecule has 3 heterocycles. The number of carboxylic acid groups (broad SMARTS) is 1. The van der Waals surface area contributed by atoms with Crippen LogP contribution in [0.1, 0.15) is 52.8 Å². The fourth-order valence-corrected chi connectivity index (χ4v) is 4.38. The number of nitrogens with zero attached hydrogens (tertiary/aromatic N) is 4. The third kappa shape index (κ3) is 2.70. The number of rotatable bonds is 4. The Morgan fingerprint density at radius 3 is 2.67 bits per heavy atom. The number of hydrogen-bond acceptors (Lipinski definition) is 5. The molecule has 8 nitrogen and oxygen atoms in total. The van der Waals surface area contributed by atoms with Gasteiger partial charge in [0, 0.05) is 36.8 Å². The van der Waals surface area contributed by atoms with Crippen molar-refractivity contribution in [3.8, 4) is 0 Å². The lowest BCUT2D eigenvalue weighted by molar-refractivity contribution is 0.0695. The molecular weight excluding hydrogens is 396 g/mol. The highest BCUT2D eigenvalue weighted by molar-refractivity contribution is 5.95. The molecule has 2 fully saturated rings. The van der Waals surface area contributed by atoms with Crippen molar-refractivity contribution in [1.82, 2.24) is 20.0 Å². The first-order valence-corrected chi connectivity index (χ1v) is 9.78. The smallest absolute Gasteiger partial charge is 0.341 e. The van der Waals surface area contributed by atoms with E-state index in [2.05, 4.69) is 15.4 Å². The second-order valence-corrected chi connectivity index (χ2v) is 7.97. The van der Waals surface area contributed by atoms with Gasteiger partial charge in [-0.1, -0.05) is 0 Å². The van der Waals surface area contributed by atoms with E-state index in [4.69, 9.17) is 0 Å². The first kappa shape index (κ1) is 18.7. The van der Waals surface area contributed by atoms with Crippen molar-refractivity contribution in [3.05, 3.63) is 51.1 Å². The number of fused-ring (bicyclic) bond motifs is 1. The van der Waals surface area contributed by atoms with Crippen molar-refractivity contribution in [2.24, 2.45) is 0 Å². The van der Waals surface area contributed by atoms with Crippen LogP contribution in [0.5, 0.6) is 0 Å². The Labute approximate surface area is 169 Å². The maximum atomic E-state index is 15.8. The Balaban J connectivity index is 1.71. The summed E-state index contributed by atoms with van der Waals surface area (Å²) in [6.45, 7) is 2.19. The maximum Gasteiger partial charge on any atom is 0.341 e. The van der Waals surface area contributed by atoms with E-state index < -0.39 is 28.6 Å². The second-order valence-electron chi connectivity index (χ2n) is 7.97. The number of carboxylic acids is 1. The largest absolute Gasteiger partial charge is 0.477 e. The Kier molecular flexibility index (Phi) is 4.12. The van der Waals surface area contributed by atoms with Gasteiger partial charge in [-0.05, 0) is 26.2 Å². The number of aromatic carboxylic acids is 1. The third-order valence-corrected chi connectivity index (χ3v) is 6.09. The van der Waals surface area contributed by atoms with Gasteiger partial charge in [0.15, 0.2) is 11.6 Å². The zero-order valence-electron chi connectivity index (χ0n) is 16.2. The van der Waals surface area contributed by atoms with E-state index in [1.165, 1.54) is 17.7 Å². The molecule has 30 heavy (non-hydrogen) atoms. The Morgan fingerprint density at radius 2 is 2.03 bits per heavy atom. The first-order valence-electron chi connectivity index (χ1n) is 9.78. The number of nitrogens with one attached hydrogen (secondary N) is 1. The van der Waals surface area contributed by atoms with Gasteiger partial charge < -0.3 is 14.6 Å². The number of pyridine rings is 1. The minimum absolute atomic E-state index is 0.0152. The van der Waals surface area contributed by atoms with E-state index in [1.807, 2.05) is 0 Å². The highest BCUT2D eigenvalue weighted by atomic mass is 19.1. The van der Waals surface area contributed by atoms with Crippen LogP contribution in [0.4, 0.5) is 14.5 Å². The summed E-state index contributed by atoms with van der Waals surface area (Å²) in [4.78, 5) is 25.9. The molecule has 3 aromatic rings. The number of halogens is 2. The van der Waals surface area contributed by atoms with Crippen LogP contribution in [0.3, 0.4) is 0 Å².